The van der Waals surface area contributed by atoms with Gasteiger partial charge in [-0.25, -0.2) is 0 Å². The van der Waals surface area contributed by atoms with Gasteiger partial charge in [-0.3, -0.25) is 0 Å². The molecule has 0 aliphatic heterocycles. The Hall–Kier alpha value is -0.880. The largest absolute Gasteiger partial charge is 0.0613 e. The highest BCUT2D eigenvalue weighted by atomic mass is 79.9. The Morgan fingerprint density at radius 3 is 1.69 bits per heavy atom. The first-order valence-electron chi connectivity index (χ1n) is 4.24. The van der Waals surface area contributed by atoms with Gasteiger partial charge in [0.25, 0.3) is 0 Å². The van der Waals surface area contributed by atoms with Crippen molar-refractivity contribution in [3.8, 4) is 0 Å². The zero-order valence-corrected chi connectivity index (χ0v) is 9.50. The van der Waals surface area contributed by atoms with Crippen molar-refractivity contribution in [1.82, 2.24) is 0 Å². The van der Waals surface area contributed by atoms with Crippen LogP contribution in [0.15, 0.2) is 22.7 Å². The van der Waals surface area contributed by atoms with E-state index in [2.05, 4.69) is 48.0 Å². The van der Waals surface area contributed by atoms with Crippen LogP contribution in [0.4, 0.5) is 0 Å². The standard InChI is InChI=1S/C10H13Br.N2/c1-3-8-5-9(4-2)7-10(11)6-8;1-2/h5-7H,3-4H2,1-2H3;. The van der Waals surface area contributed by atoms with Gasteiger partial charge >= 0.3 is 0 Å². The number of rotatable bonds is 2. The molecule has 2 nitrogen and oxygen atoms in total. The highest BCUT2D eigenvalue weighted by Gasteiger charge is 1.95. The third-order valence-corrected chi connectivity index (χ3v) is 2.29. The average molecular weight is 241 g/mol. The molecule has 0 aromatic heterocycles. The van der Waals surface area contributed by atoms with Crippen LogP contribution in [0.1, 0.15) is 25.0 Å². The first-order chi connectivity index (χ1) is 6.26. The maximum atomic E-state index is 6.00. The Balaban J connectivity index is 0.000000671. The van der Waals surface area contributed by atoms with Gasteiger partial charge in [0.15, 0.2) is 0 Å². The number of halogens is 1. The fraction of sp³-hybridized carbons (Fsp3) is 0.400. The predicted molar refractivity (Wildman–Crippen MR) is 56.3 cm³/mol. The summed E-state index contributed by atoms with van der Waals surface area (Å²) < 4.78 is 1.20. The monoisotopic (exact) mass is 240 g/mol. The molecule has 0 spiro atoms. The second kappa shape index (κ2) is 6.62. The van der Waals surface area contributed by atoms with E-state index >= 15 is 0 Å². The molecule has 0 fully saturated rings. The molecule has 1 rings (SSSR count). The fourth-order valence-electron chi connectivity index (χ4n) is 1.13. The topological polar surface area (TPSA) is 47.6 Å². The van der Waals surface area contributed by atoms with Crippen molar-refractivity contribution in [2.75, 3.05) is 0 Å². The molecule has 0 amide bonds. The molecule has 0 heterocycles. The SMILES string of the molecule is CCc1cc(Br)cc(CC)c1.N#N. The molecular weight excluding hydrogens is 228 g/mol. The van der Waals surface area contributed by atoms with Crippen molar-refractivity contribution in [2.45, 2.75) is 26.7 Å². The Morgan fingerprint density at radius 1 is 1.00 bits per heavy atom. The van der Waals surface area contributed by atoms with Crippen LogP contribution in [-0.2, 0) is 12.8 Å². The van der Waals surface area contributed by atoms with Crippen LogP contribution in [0.3, 0.4) is 0 Å². The van der Waals surface area contributed by atoms with E-state index in [0.717, 1.165) is 12.8 Å². The van der Waals surface area contributed by atoms with Gasteiger partial charge in [-0.1, -0.05) is 35.8 Å². The molecule has 0 bridgehead atoms. The average Bonchev–Trinajstić information content (AvgIpc) is 2.20. The molecule has 0 unspecified atom stereocenters. The number of hydrogen-bond donors (Lipinski definition) is 0. The highest BCUT2D eigenvalue weighted by Crippen LogP contribution is 2.16. The van der Waals surface area contributed by atoms with E-state index in [4.69, 9.17) is 10.8 Å². The molecule has 0 saturated carbocycles. The Labute approximate surface area is 87.5 Å². The minimum atomic E-state index is 1.12. The second-order valence-electron chi connectivity index (χ2n) is 2.67. The van der Waals surface area contributed by atoms with Crippen molar-refractivity contribution in [2.24, 2.45) is 0 Å². The molecule has 0 saturated heterocycles. The summed E-state index contributed by atoms with van der Waals surface area (Å²) in [7, 11) is 0. The van der Waals surface area contributed by atoms with Crippen molar-refractivity contribution in [1.29, 1.82) is 10.8 Å². The molecule has 0 atom stereocenters. The van der Waals surface area contributed by atoms with Gasteiger partial charge in [0, 0.05) is 15.3 Å². The lowest BCUT2D eigenvalue weighted by atomic mass is 10.1. The molecule has 0 radical (unpaired) electrons. The van der Waals surface area contributed by atoms with Gasteiger partial charge in [0.05, 0.1) is 0 Å². The van der Waals surface area contributed by atoms with E-state index < -0.39 is 0 Å². The van der Waals surface area contributed by atoms with Crippen molar-refractivity contribution < 1.29 is 0 Å². The molecule has 13 heavy (non-hydrogen) atoms. The first kappa shape index (κ1) is 12.1. The summed E-state index contributed by atoms with van der Waals surface area (Å²) in [6.07, 6.45) is 2.24. The highest BCUT2D eigenvalue weighted by molar-refractivity contribution is 9.10. The van der Waals surface area contributed by atoms with Crippen LogP contribution in [0.25, 0.3) is 0 Å². The molecule has 0 N–H and O–H groups in total. The normalized spacial score (nSPS) is 8.69. The van der Waals surface area contributed by atoms with Gasteiger partial charge in [0.1, 0.15) is 0 Å². The molecule has 0 aliphatic rings. The smallest absolute Gasteiger partial charge is 0.0180 e. The number of benzene rings is 1. The Bertz CT molecular complexity index is 259. The van der Waals surface area contributed by atoms with Crippen molar-refractivity contribution in [3.63, 3.8) is 0 Å². The summed E-state index contributed by atoms with van der Waals surface area (Å²) in [6, 6.07) is 6.63. The van der Waals surface area contributed by atoms with E-state index in [0.29, 0.717) is 0 Å². The Kier molecular flexibility index (Phi) is 6.17. The lowest BCUT2D eigenvalue weighted by Gasteiger charge is -2.01. The van der Waals surface area contributed by atoms with Gasteiger partial charge < -0.3 is 0 Å². The first-order valence-corrected chi connectivity index (χ1v) is 5.04. The van der Waals surface area contributed by atoms with Crippen LogP contribution in [0.2, 0.25) is 0 Å². The summed E-state index contributed by atoms with van der Waals surface area (Å²) in [5.41, 5.74) is 2.83. The zero-order chi connectivity index (χ0) is 10.3. The lowest BCUT2D eigenvalue weighted by molar-refractivity contribution is 1.08. The third kappa shape index (κ3) is 4.05. The minimum Gasteiger partial charge on any atom is -0.0613 e. The van der Waals surface area contributed by atoms with Crippen LogP contribution >= 0.6 is 15.9 Å². The maximum Gasteiger partial charge on any atom is 0.0180 e. The summed E-state index contributed by atoms with van der Waals surface area (Å²) in [5, 5.41) is 12.0. The molecule has 1 aromatic rings. The summed E-state index contributed by atoms with van der Waals surface area (Å²) in [5.74, 6) is 0. The van der Waals surface area contributed by atoms with E-state index in [1.165, 1.54) is 15.6 Å². The van der Waals surface area contributed by atoms with Crippen molar-refractivity contribution in [3.05, 3.63) is 33.8 Å². The summed E-state index contributed by atoms with van der Waals surface area (Å²) >= 11 is 3.49. The van der Waals surface area contributed by atoms with Gasteiger partial charge in [-0.15, -0.1) is 0 Å². The van der Waals surface area contributed by atoms with Gasteiger partial charge in [-0.2, -0.15) is 0 Å². The van der Waals surface area contributed by atoms with E-state index in [1.54, 1.807) is 0 Å². The molecular formula is C10H13BrN2. The molecule has 0 aliphatic carbocycles. The minimum absolute atomic E-state index is 1.12. The van der Waals surface area contributed by atoms with Gasteiger partial charge in [-0.05, 0) is 36.1 Å². The van der Waals surface area contributed by atoms with E-state index in [9.17, 15) is 0 Å². The molecule has 3 heteroatoms. The van der Waals surface area contributed by atoms with Crippen molar-refractivity contribution >= 4 is 15.9 Å². The van der Waals surface area contributed by atoms with E-state index in [-0.39, 0.29) is 0 Å². The second-order valence-corrected chi connectivity index (χ2v) is 3.59. The summed E-state index contributed by atoms with van der Waals surface area (Å²) in [6.45, 7) is 4.36. The number of hydrogen-bond acceptors (Lipinski definition) is 2. The number of aryl methyl sites for hydroxylation is 2. The van der Waals surface area contributed by atoms with Crippen LogP contribution in [0, 0.1) is 10.8 Å². The lowest BCUT2D eigenvalue weighted by Crippen LogP contribution is -1.85. The number of nitrogens with zero attached hydrogens (tertiary/aromatic N) is 2. The third-order valence-electron chi connectivity index (χ3n) is 1.83. The van der Waals surface area contributed by atoms with Crippen LogP contribution < -0.4 is 0 Å². The Morgan fingerprint density at radius 2 is 1.38 bits per heavy atom. The maximum absolute atomic E-state index is 6.00. The van der Waals surface area contributed by atoms with Crippen LogP contribution in [-0.4, -0.2) is 0 Å². The summed E-state index contributed by atoms with van der Waals surface area (Å²) in [4.78, 5) is 0. The molecule has 70 valence electrons. The van der Waals surface area contributed by atoms with Gasteiger partial charge in [0.2, 0.25) is 0 Å². The molecule has 1 aromatic carbocycles. The zero-order valence-electron chi connectivity index (χ0n) is 7.92. The van der Waals surface area contributed by atoms with E-state index in [1.807, 2.05) is 0 Å². The van der Waals surface area contributed by atoms with Crippen LogP contribution in [0.5, 0.6) is 0 Å². The quantitative estimate of drug-likeness (QED) is 0.742. The predicted octanol–water partition coefficient (Wildman–Crippen LogP) is 3.60. The fourth-order valence-corrected chi connectivity index (χ4v) is 1.71.